The van der Waals surface area contributed by atoms with Gasteiger partial charge >= 0.3 is 13.1 Å². The summed E-state index contributed by atoms with van der Waals surface area (Å²) in [5, 5.41) is 3.45. The van der Waals surface area contributed by atoms with Crippen LogP contribution >= 0.6 is 0 Å². The maximum Gasteiger partial charge on any atom is 0.500 e. The molecule has 0 spiro atoms. The second-order valence-corrected chi connectivity index (χ2v) is 6.22. The Kier molecular flexibility index (Phi) is 4.45. The van der Waals surface area contributed by atoms with Gasteiger partial charge in [-0.2, -0.15) is 5.10 Å². The molecule has 124 valence electrons. The van der Waals surface area contributed by atoms with Gasteiger partial charge in [0.05, 0.1) is 22.9 Å². The number of hydrazone groups is 1. The lowest BCUT2D eigenvalue weighted by molar-refractivity contribution is 0.00578. The number of hydrogen-bond acceptors (Lipinski definition) is 4. The number of nitrogens with zero attached hydrogens (tertiary/aromatic N) is 1. The van der Waals surface area contributed by atoms with E-state index in [9.17, 15) is 13.6 Å². The number of amides is 2. The minimum atomic E-state index is -1.14. The van der Waals surface area contributed by atoms with Gasteiger partial charge in [-0.25, -0.2) is 19.0 Å². The molecule has 2 rings (SSSR count). The first kappa shape index (κ1) is 17.4. The van der Waals surface area contributed by atoms with Gasteiger partial charge in [0.15, 0.2) is 0 Å². The average Bonchev–Trinajstić information content (AvgIpc) is 2.56. The first-order valence-electron chi connectivity index (χ1n) is 6.96. The number of carbonyl (C=O) groups is 1. The molecule has 2 amide bonds. The van der Waals surface area contributed by atoms with Crippen molar-refractivity contribution in [1.82, 2.24) is 5.43 Å². The molecule has 1 heterocycles. The Labute approximate surface area is 133 Å². The zero-order valence-electron chi connectivity index (χ0n) is 13.3. The SMILES string of the molecule is CC1(C)OB(c2c(F)cc(C=NNC(N)=O)cc2F)OC1(C)C. The van der Waals surface area contributed by atoms with Crippen LogP contribution in [0, 0.1) is 11.6 Å². The third kappa shape index (κ3) is 3.51. The van der Waals surface area contributed by atoms with Crippen molar-refractivity contribution < 1.29 is 22.9 Å². The van der Waals surface area contributed by atoms with E-state index in [-0.39, 0.29) is 11.0 Å². The lowest BCUT2D eigenvalue weighted by Gasteiger charge is -2.32. The lowest BCUT2D eigenvalue weighted by Crippen LogP contribution is -2.41. The summed E-state index contributed by atoms with van der Waals surface area (Å²) in [6.07, 6.45) is 1.07. The first-order chi connectivity index (χ1) is 10.5. The van der Waals surface area contributed by atoms with Gasteiger partial charge in [0.2, 0.25) is 0 Å². The fourth-order valence-electron chi connectivity index (χ4n) is 2.03. The van der Waals surface area contributed by atoms with Crippen LogP contribution in [0.25, 0.3) is 0 Å². The molecule has 0 aliphatic carbocycles. The molecule has 0 bridgehead atoms. The Balaban J connectivity index is 2.29. The normalized spacial score (nSPS) is 19.3. The summed E-state index contributed by atoms with van der Waals surface area (Å²) in [6.45, 7) is 7.16. The second kappa shape index (κ2) is 5.90. The summed E-state index contributed by atoms with van der Waals surface area (Å²) in [5.41, 5.74) is 5.17. The molecule has 1 aromatic rings. The van der Waals surface area contributed by atoms with Crippen LogP contribution in [0.2, 0.25) is 0 Å². The standard InChI is InChI=1S/C14H18BF2N3O3/c1-13(2)14(3,4)23-15(22-13)11-9(16)5-8(6-10(11)17)7-19-20-12(18)21/h5-7H,1-4H3,(H3,18,20,21). The molecular weight excluding hydrogens is 307 g/mol. The highest BCUT2D eigenvalue weighted by molar-refractivity contribution is 6.62. The zero-order valence-corrected chi connectivity index (χ0v) is 13.3. The minimum Gasteiger partial charge on any atom is -0.399 e. The van der Waals surface area contributed by atoms with E-state index in [0.29, 0.717) is 0 Å². The molecule has 1 saturated heterocycles. The largest absolute Gasteiger partial charge is 0.500 e. The fourth-order valence-corrected chi connectivity index (χ4v) is 2.03. The van der Waals surface area contributed by atoms with E-state index in [4.69, 9.17) is 15.0 Å². The van der Waals surface area contributed by atoms with E-state index >= 15 is 0 Å². The van der Waals surface area contributed by atoms with Crippen LogP contribution in [-0.2, 0) is 9.31 Å². The molecule has 6 nitrogen and oxygen atoms in total. The summed E-state index contributed by atoms with van der Waals surface area (Å²) >= 11 is 0. The highest BCUT2D eigenvalue weighted by atomic mass is 19.1. The van der Waals surface area contributed by atoms with Crippen LogP contribution in [0.4, 0.5) is 13.6 Å². The third-order valence-electron chi connectivity index (χ3n) is 3.98. The van der Waals surface area contributed by atoms with E-state index in [1.165, 1.54) is 0 Å². The van der Waals surface area contributed by atoms with Gasteiger partial charge in [-0.1, -0.05) is 0 Å². The first-order valence-corrected chi connectivity index (χ1v) is 6.96. The Morgan fingerprint density at radius 2 is 1.70 bits per heavy atom. The number of urea groups is 1. The molecule has 0 saturated carbocycles. The molecule has 0 atom stereocenters. The smallest absolute Gasteiger partial charge is 0.399 e. The third-order valence-corrected chi connectivity index (χ3v) is 3.98. The number of nitrogens with two attached hydrogens (primary N) is 1. The van der Waals surface area contributed by atoms with Crippen LogP contribution in [0.1, 0.15) is 33.3 Å². The van der Waals surface area contributed by atoms with Gasteiger partial charge in [-0.05, 0) is 39.8 Å². The molecule has 1 aromatic carbocycles. The van der Waals surface area contributed by atoms with Crippen LogP contribution in [0.15, 0.2) is 17.2 Å². The van der Waals surface area contributed by atoms with Gasteiger partial charge in [0.1, 0.15) is 11.6 Å². The van der Waals surface area contributed by atoms with Gasteiger partial charge in [-0.15, -0.1) is 0 Å². The lowest BCUT2D eigenvalue weighted by atomic mass is 9.77. The molecule has 23 heavy (non-hydrogen) atoms. The number of nitrogens with one attached hydrogen (secondary N) is 1. The zero-order chi connectivity index (χ0) is 17.4. The maximum absolute atomic E-state index is 14.3. The van der Waals surface area contributed by atoms with E-state index in [0.717, 1.165) is 18.3 Å². The Morgan fingerprint density at radius 3 is 2.13 bits per heavy atom. The predicted octanol–water partition coefficient (Wildman–Crippen LogP) is 1.27. The Morgan fingerprint density at radius 1 is 1.22 bits per heavy atom. The highest BCUT2D eigenvalue weighted by Gasteiger charge is 2.53. The monoisotopic (exact) mass is 325 g/mol. The fraction of sp³-hybridized carbons (Fsp3) is 0.429. The van der Waals surface area contributed by atoms with Crippen molar-refractivity contribution in [3.63, 3.8) is 0 Å². The molecule has 1 fully saturated rings. The topological polar surface area (TPSA) is 85.9 Å². The summed E-state index contributed by atoms with van der Waals surface area (Å²) in [7, 11) is -1.14. The van der Waals surface area contributed by atoms with Crippen LogP contribution in [0.5, 0.6) is 0 Å². The number of hydrogen-bond donors (Lipinski definition) is 2. The molecular formula is C14H18BF2N3O3. The van der Waals surface area contributed by atoms with Crippen LogP contribution in [-0.4, -0.2) is 30.6 Å². The molecule has 3 N–H and O–H groups in total. The van der Waals surface area contributed by atoms with Gasteiger partial charge in [0, 0.05) is 5.56 Å². The van der Waals surface area contributed by atoms with Crippen molar-refractivity contribution in [1.29, 1.82) is 0 Å². The number of primary amides is 1. The second-order valence-electron chi connectivity index (χ2n) is 6.22. The average molecular weight is 325 g/mol. The van der Waals surface area contributed by atoms with Crippen molar-refractivity contribution in [2.24, 2.45) is 10.8 Å². The number of rotatable bonds is 3. The molecule has 9 heteroatoms. The number of halogens is 2. The quantitative estimate of drug-likeness (QED) is 0.498. The van der Waals surface area contributed by atoms with Crippen molar-refractivity contribution in [3.8, 4) is 0 Å². The van der Waals surface area contributed by atoms with Crippen molar-refractivity contribution >= 4 is 24.8 Å². The van der Waals surface area contributed by atoms with E-state index < -0.39 is 36.0 Å². The molecule has 0 aromatic heterocycles. The number of carbonyl (C=O) groups excluding carboxylic acids is 1. The van der Waals surface area contributed by atoms with Crippen LogP contribution in [0.3, 0.4) is 0 Å². The van der Waals surface area contributed by atoms with E-state index in [1.54, 1.807) is 27.7 Å². The Hall–Kier alpha value is -2.00. The van der Waals surface area contributed by atoms with Gasteiger partial charge in [-0.3, -0.25) is 0 Å². The molecule has 1 aliphatic heterocycles. The van der Waals surface area contributed by atoms with Crippen LogP contribution < -0.4 is 16.6 Å². The van der Waals surface area contributed by atoms with Crippen molar-refractivity contribution in [2.45, 2.75) is 38.9 Å². The van der Waals surface area contributed by atoms with Crippen molar-refractivity contribution in [3.05, 3.63) is 29.3 Å². The number of benzene rings is 1. The molecule has 0 unspecified atom stereocenters. The summed E-state index contributed by atoms with van der Waals surface area (Å²) in [6, 6.07) is 1.25. The summed E-state index contributed by atoms with van der Waals surface area (Å²) < 4.78 is 39.9. The summed E-state index contributed by atoms with van der Waals surface area (Å²) in [4.78, 5) is 10.5. The highest BCUT2D eigenvalue weighted by Crippen LogP contribution is 2.36. The van der Waals surface area contributed by atoms with E-state index in [1.807, 2.05) is 5.43 Å². The van der Waals surface area contributed by atoms with Gasteiger partial charge in [0.25, 0.3) is 0 Å². The molecule has 1 aliphatic rings. The predicted molar refractivity (Wildman–Crippen MR) is 82.4 cm³/mol. The van der Waals surface area contributed by atoms with Gasteiger partial charge < -0.3 is 15.0 Å². The summed E-state index contributed by atoms with van der Waals surface area (Å²) in [5.74, 6) is -1.66. The maximum atomic E-state index is 14.3. The molecule has 0 radical (unpaired) electrons. The minimum absolute atomic E-state index is 0.119. The van der Waals surface area contributed by atoms with Crippen molar-refractivity contribution in [2.75, 3.05) is 0 Å². The van der Waals surface area contributed by atoms with E-state index in [2.05, 4.69) is 5.10 Å². The Bertz CT molecular complexity index is 626.